The number of fused-ring (bicyclic) bond motifs is 2. The third-order valence-corrected chi connectivity index (χ3v) is 7.69. The summed E-state index contributed by atoms with van der Waals surface area (Å²) in [7, 11) is 0. The number of oxazole rings is 1. The first kappa shape index (κ1) is 24.3. The Labute approximate surface area is 238 Å². The summed E-state index contributed by atoms with van der Waals surface area (Å²) in [6, 6.07) is 32.4. The van der Waals surface area contributed by atoms with Crippen LogP contribution in [0.5, 0.6) is 0 Å². The number of nitrogens with zero attached hydrogens (tertiary/aromatic N) is 2. The van der Waals surface area contributed by atoms with Crippen LogP contribution in [0.25, 0.3) is 45.6 Å². The monoisotopic (exact) mass is 560 g/mol. The lowest BCUT2D eigenvalue weighted by atomic mass is 10.0. The summed E-state index contributed by atoms with van der Waals surface area (Å²) >= 11 is 12.2. The lowest BCUT2D eigenvalue weighted by Gasteiger charge is -2.07. The maximum Gasteiger partial charge on any atom is 0.228 e. The summed E-state index contributed by atoms with van der Waals surface area (Å²) in [6.07, 6.45) is 1.57. The van der Waals surface area contributed by atoms with E-state index >= 15 is 0 Å². The van der Waals surface area contributed by atoms with E-state index in [-0.39, 0.29) is 26.7 Å². The number of aromatic nitrogens is 2. The number of halogens is 2. The van der Waals surface area contributed by atoms with E-state index in [0.717, 1.165) is 22.4 Å². The highest BCUT2D eigenvalue weighted by molar-refractivity contribution is 6.46. The molecule has 40 heavy (non-hydrogen) atoms. The van der Waals surface area contributed by atoms with Gasteiger partial charge in [0.1, 0.15) is 0 Å². The largest absolute Gasteiger partial charge is 0.434 e. The van der Waals surface area contributed by atoms with Crippen molar-refractivity contribution in [3.8, 4) is 28.3 Å². The number of ketones is 2. The summed E-state index contributed by atoms with van der Waals surface area (Å²) in [5.41, 5.74) is 6.06. The molecule has 0 aliphatic heterocycles. The summed E-state index contributed by atoms with van der Waals surface area (Å²) in [6.45, 7) is 0. The van der Waals surface area contributed by atoms with Gasteiger partial charge in [-0.3, -0.25) is 14.2 Å². The van der Waals surface area contributed by atoms with Gasteiger partial charge in [-0.2, -0.15) is 4.98 Å². The summed E-state index contributed by atoms with van der Waals surface area (Å²) in [5, 5.41) is 0.447. The second-order valence-electron chi connectivity index (χ2n) is 9.42. The first-order valence-electron chi connectivity index (χ1n) is 12.5. The lowest BCUT2D eigenvalue weighted by Crippen LogP contribution is -2.03. The van der Waals surface area contributed by atoms with Crippen LogP contribution in [-0.2, 0) is 0 Å². The van der Waals surface area contributed by atoms with Crippen LogP contribution < -0.4 is 0 Å². The molecule has 5 nitrogen and oxygen atoms in total. The van der Waals surface area contributed by atoms with Crippen molar-refractivity contribution in [2.45, 2.75) is 0 Å². The molecule has 2 heterocycles. The molecule has 1 aliphatic rings. The SMILES string of the molecule is O=C1C(=Cc2cc3oc(-c4ccc(-c5ccccc5)cc4)nc3n2-c2ccccc2)C(=O)c2cc(Cl)c(Cl)cc21. The van der Waals surface area contributed by atoms with Gasteiger partial charge in [0.2, 0.25) is 5.89 Å². The summed E-state index contributed by atoms with van der Waals surface area (Å²) in [4.78, 5) is 31.2. The van der Waals surface area contributed by atoms with E-state index in [9.17, 15) is 9.59 Å². The van der Waals surface area contributed by atoms with Crippen LogP contribution in [0.1, 0.15) is 26.4 Å². The van der Waals surface area contributed by atoms with Crippen molar-refractivity contribution < 1.29 is 14.0 Å². The average molecular weight is 561 g/mol. The number of carbonyl (C=O) groups excluding carboxylic acids is 2. The Morgan fingerprint density at radius 1 is 0.675 bits per heavy atom. The topological polar surface area (TPSA) is 65.1 Å². The van der Waals surface area contributed by atoms with Crippen molar-refractivity contribution in [2.75, 3.05) is 0 Å². The van der Waals surface area contributed by atoms with Crippen molar-refractivity contribution in [1.29, 1.82) is 0 Å². The quantitative estimate of drug-likeness (QED) is 0.160. The van der Waals surface area contributed by atoms with Gasteiger partial charge in [0, 0.05) is 28.4 Å². The van der Waals surface area contributed by atoms with Gasteiger partial charge in [0.25, 0.3) is 0 Å². The fourth-order valence-corrected chi connectivity index (χ4v) is 5.34. The molecule has 0 saturated heterocycles. The minimum atomic E-state index is -0.400. The Morgan fingerprint density at radius 3 is 1.85 bits per heavy atom. The van der Waals surface area contributed by atoms with Crippen molar-refractivity contribution >= 4 is 52.1 Å². The van der Waals surface area contributed by atoms with Gasteiger partial charge >= 0.3 is 0 Å². The minimum absolute atomic E-state index is 0.0300. The van der Waals surface area contributed by atoms with Crippen LogP contribution in [0, 0.1) is 0 Å². The predicted octanol–water partition coefficient (Wildman–Crippen LogP) is 8.72. The maximum absolute atomic E-state index is 13.2. The van der Waals surface area contributed by atoms with E-state index in [4.69, 9.17) is 32.6 Å². The molecule has 4 aromatic carbocycles. The van der Waals surface area contributed by atoms with E-state index in [1.165, 1.54) is 12.1 Å². The molecule has 6 aromatic rings. The van der Waals surface area contributed by atoms with Crippen molar-refractivity contribution in [1.82, 2.24) is 9.55 Å². The van der Waals surface area contributed by atoms with Gasteiger partial charge in [0.15, 0.2) is 22.8 Å². The first-order valence-corrected chi connectivity index (χ1v) is 13.3. The number of para-hydroxylation sites is 1. The molecule has 7 rings (SSSR count). The van der Waals surface area contributed by atoms with Gasteiger partial charge < -0.3 is 4.42 Å². The fraction of sp³-hybridized carbons (Fsp3) is 0. The normalized spacial score (nSPS) is 12.8. The van der Waals surface area contributed by atoms with E-state index in [1.807, 2.05) is 77.4 Å². The van der Waals surface area contributed by atoms with E-state index in [1.54, 1.807) is 12.1 Å². The van der Waals surface area contributed by atoms with Crippen LogP contribution in [0.4, 0.5) is 0 Å². The van der Waals surface area contributed by atoms with Crippen LogP contribution in [-0.4, -0.2) is 21.1 Å². The summed E-state index contributed by atoms with van der Waals surface area (Å²) in [5.74, 6) is -0.329. The van der Waals surface area contributed by atoms with Gasteiger partial charge in [0.05, 0.1) is 21.3 Å². The van der Waals surface area contributed by atoms with Crippen molar-refractivity contribution in [2.24, 2.45) is 0 Å². The third kappa shape index (κ3) is 3.99. The Morgan fingerprint density at radius 2 is 1.23 bits per heavy atom. The third-order valence-electron chi connectivity index (χ3n) is 6.97. The molecule has 192 valence electrons. The Kier molecular flexibility index (Phi) is 5.77. The molecule has 1 aliphatic carbocycles. The fourth-order valence-electron chi connectivity index (χ4n) is 5.01. The molecule has 0 radical (unpaired) electrons. The van der Waals surface area contributed by atoms with Crippen LogP contribution in [0.2, 0.25) is 10.0 Å². The Hall–Kier alpha value is -4.71. The number of rotatable bonds is 4. The van der Waals surface area contributed by atoms with Crippen LogP contribution in [0.15, 0.2) is 113 Å². The minimum Gasteiger partial charge on any atom is -0.434 e. The molecule has 0 unspecified atom stereocenters. The Bertz CT molecular complexity index is 1940. The number of Topliss-reactive ketones (excluding diaryl/α,β-unsaturated/α-hetero) is 2. The summed E-state index contributed by atoms with van der Waals surface area (Å²) < 4.78 is 8.06. The second kappa shape index (κ2) is 9.49. The number of hydrogen-bond donors (Lipinski definition) is 0. The van der Waals surface area contributed by atoms with Gasteiger partial charge in [-0.25, -0.2) is 0 Å². The van der Waals surface area contributed by atoms with Crippen molar-refractivity contribution in [3.63, 3.8) is 0 Å². The van der Waals surface area contributed by atoms with E-state index in [0.29, 0.717) is 22.8 Å². The first-order chi connectivity index (χ1) is 19.5. The maximum atomic E-state index is 13.2. The molecule has 2 aromatic heterocycles. The molecule has 0 atom stereocenters. The number of benzene rings is 4. The zero-order chi connectivity index (χ0) is 27.4. The standard InChI is InChI=1S/C33H18Cl2N2O3/c34-27-17-24-25(18-28(27)35)31(39)26(30(24)38)15-23-16-29-32(37(23)22-9-5-2-6-10-22)36-33(40-29)21-13-11-20(12-14-21)19-7-3-1-4-8-19/h1-18H. The molecule has 0 amide bonds. The number of carbonyl (C=O) groups is 2. The zero-order valence-corrected chi connectivity index (χ0v) is 22.3. The molecular formula is C33H18Cl2N2O3. The average Bonchev–Trinajstić information content (AvgIpc) is 3.61. The predicted molar refractivity (Wildman–Crippen MR) is 157 cm³/mol. The number of allylic oxidation sites excluding steroid dienone is 1. The molecule has 0 saturated carbocycles. The highest BCUT2D eigenvalue weighted by Crippen LogP contribution is 2.36. The molecule has 7 heteroatoms. The van der Waals surface area contributed by atoms with E-state index < -0.39 is 11.6 Å². The molecule has 0 bridgehead atoms. The molecular weight excluding hydrogens is 543 g/mol. The van der Waals surface area contributed by atoms with Crippen LogP contribution in [0.3, 0.4) is 0 Å². The zero-order valence-electron chi connectivity index (χ0n) is 20.8. The smallest absolute Gasteiger partial charge is 0.228 e. The highest BCUT2D eigenvalue weighted by Gasteiger charge is 2.34. The Balaban J connectivity index is 1.33. The van der Waals surface area contributed by atoms with Gasteiger partial charge in [-0.05, 0) is 53.6 Å². The molecule has 0 N–H and O–H groups in total. The number of hydrogen-bond acceptors (Lipinski definition) is 4. The highest BCUT2D eigenvalue weighted by atomic mass is 35.5. The molecule has 0 spiro atoms. The van der Waals surface area contributed by atoms with Crippen molar-refractivity contribution in [3.05, 3.63) is 136 Å². The van der Waals surface area contributed by atoms with Crippen LogP contribution >= 0.6 is 23.2 Å². The lowest BCUT2D eigenvalue weighted by molar-refractivity contribution is 0.0990. The van der Waals surface area contributed by atoms with Gasteiger partial charge in [-0.1, -0.05) is 83.9 Å². The van der Waals surface area contributed by atoms with E-state index in [2.05, 4.69) is 12.1 Å². The molecule has 0 fully saturated rings. The van der Waals surface area contributed by atoms with Gasteiger partial charge in [-0.15, -0.1) is 0 Å². The second-order valence-corrected chi connectivity index (χ2v) is 10.2.